The van der Waals surface area contributed by atoms with E-state index in [1.54, 1.807) is 34.9 Å². The van der Waals surface area contributed by atoms with Gasteiger partial charge in [-0.15, -0.1) is 0 Å². The molecule has 2 saturated heterocycles. The number of amides is 2. The van der Waals surface area contributed by atoms with Crippen molar-refractivity contribution in [3.05, 3.63) is 45.7 Å². The second-order valence-corrected chi connectivity index (χ2v) is 9.84. The molecule has 0 N–H and O–H groups in total. The third-order valence-electron chi connectivity index (χ3n) is 6.63. The highest BCUT2D eigenvalue weighted by Crippen LogP contribution is 2.40. The molecule has 35 heavy (non-hydrogen) atoms. The molecule has 3 heterocycles. The van der Waals surface area contributed by atoms with Crippen LogP contribution in [0.15, 0.2) is 24.3 Å². The van der Waals surface area contributed by atoms with Crippen LogP contribution < -0.4 is 4.90 Å². The fourth-order valence-corrected chi connectivity index (χ4v) is 5.44. The lowest BCUT2D eigenvalue weighted by molar-refractivity contribution is -0.136. The highest BCUT2D eigenvalue weighted by Gasteiger charge is 2.28. The van der Waals surface area contributed by atoms with Gasteiger partial charge in [0.1, 0.15) is 11.6 Å². The maximum absolute atomic E-state index is 14.6. The highest BCUT2D eigenvalue weighted by molar-refractivity contribution is 6.39. The van der Waals surface area contributed by atoms with Gasteiger partial charge in [-0.3, -0.25) is 9.59 Å². The number of nitrogens with zero attached hydrogens (tertiary/aromatic N) is 4. The summed E-state index contributed by atoms with van der Waals surface area (Å²) in [6.45, 7) is 5.53. The van der Waals surface area contributed by atoms with Crippen molar-refractivity contribution in [2.75, 3.05) is 31.1 Å². The summed E-state index contributed by atoms with van der Waals surface area (Å²) in [6, 6.07) is 6.57. The maximum atomic E-state index is 14.6. The number of aromatic nitrogens is 2. The number of halogens is 3. The predicted octanol–water partition coefficient (Wildman–Crippen LogP) is 4.83. The van der Waals surface area contributed by atoms with Crippen molar-refractivity contribution < 1.29 is 18.7 Å². The van der Waals surface area contributed by atoms with Crippen molar-refractivity contribution in [1.29, 1.82) is 0 Å². The standard InChI is InChI=1S/C25H25Cl2FN4O3/c1-14-8-21-22(11-20(14)28)32(13-17-12-30(15(2)33)6-7-35-17)25(29-21)24-18(26)9-16(10-19(24)27)31-5-3-4-23(31)34/h8-11,17H,3-7,12-13H2,1-2H3/t17-/m1/s1. The van der Waals surface area contributed by atoms with Crippen molar-refractivity contribution in [2.24, 2.45) is 0 Å². The number of anilines is 1. The normalized spacial score (nSPS) is 18.7. The van der Waals surface area contributed by atoms with Crippen LogP contribution in [0.1, 0.15) is 25.3 Å². The van der Waals surface area contributed by atoms with Gasteiger partial charge in [-0.1, -0.05) is 23.2 Å². The van der Waals surface area contributed by atoms with Gasteiger partial charge >= 0.3 is 0 Å². The molecule has 7 nitrogen and oxygen atoms in total. The lowest BCUT2D eigenvalue weighted by atomic mass is 10.1. The second-order valence-electron chi connectivity index (χ2n) is 9.03. The zero-order chi connectivity index (χ0) is 24.9. The van der Waals surface area contributed by atoms with Crippen LogP contribution in [0.25, 0.3) is 22.4 Å². The highest BCUT2D eigenvalue weighted by atomic mass is 35.5. The number of ether oxygens (including phenoxy) is 1. The number of fused-ring (bicyclic) bond motifs is 1. The largest absolute Gasteiger partial charge is 0.373 e. The van der Waals surface area contributed by atoms with E-state index < -0.39 is 0 Å². The average Bonchev–Trinajstić information content (AvgIpc) is 3.38. The summed E-state index contributed by atoms with van der Waals surface area (Å²) in [5.74, 6) is 0.143. The van der Waals surface area contributed by atoms with Gasteiger partial charge in [0.15, 0.2) is 0 Å². The van der Waals surface area contributed by atoms with Crippen LogP contribution in [-0.4, -0.2) is 58.6 Å². The molecule has 2 aliphatic heterocycles. The summed E-state index contributed by atoms with van der Waals surface area (Å²) < 4.78 is 22.4. The summed E-state index contributed by atoms with van der Waals surface area (Å²) >= 11 is 13.5. The van der Waals surface area contributed by atoms with E-state index in [2.05, 4.69) is 0 Å². The fraction of sp³-hybridized carbons (Fsp3) is 0.400. The van der Waals surface area contributed by atoms with E-state index in [4.69, 9.17) is 32.9 Å². The van der Waals surface area contributed by atoms with E-state index in [1.165, 1.54) is 13.0 Å². The molecule has 0 saturated carbocycles. The Labute approximate surface area is 212 Å². The molecular weight excluding hydrogens is 494 g/mol. The molecule has 2 fully saturated rings. The van der Waals surface area contributed by atoms with E-state index in [9.17, 15) is 14.0 Å². The van der Waals surface area contributed by atoms with Crippen molar-refractivity contribution >= 4 is 51.7 Å². The minimum Gasteiger partial charge on any atom is -0.373 e. The number of rotatable bonds is 4. The Morgan fingerprint density at radius 2 is 1.94 bits per heavy atom. The Bertz CT molecular complexity index is 1320. The van der Waals surface area contributed by atoms with Crippen LogP contribution in [0.4, 0.5) is 10.1 Å². The Balaban J connectivity index is 1.61. The first-order chi connectivity index (χ1) is 16.7. The molecule has 1 atom stereocenters. The molecule has 1 aromatic heterocycles. The second kappa shape index (κ2) is 9.41. The molecule has 2 amide bonds. The summed E-state index contributed by atoms with van der Waals surface area (Å²) in [6.07, 6.45) is 0.971. The molecular formula is C25H25Cl2FN4O3. The first-order valence-corrected chi connectivity index (χ1v) is 12.3. The number of imidazole rings is 1. The van der Waals surface area contributed by atoms with Gasteiger partial charge < -0.3 is 19.1 Å². The number of hydrogen-bond donors (Lipinski definition) is 0. The van der Waals surface area contributed by atoms with Crippen LogP contribution in [0.5, 0.6) is 0 Å². The van der Waals surface area contributed by atoms with E-state index in [0.29, 0.717) is 82.9 Å². The predicted molar refractivity (Wildman–Crippen MR) is 133 cm³/mol. The van der Waals surface area contributed by atoms with Crippen LogP contribution in [-0.2, 0) is 20.9 Å². The summed E-state index contributed by atoms with van der Waals surface area (Å²) in [5.41, 5.74) is 2.80. The lowest BCUT2D eigenvalue weighted by Gasteiger charge is -2.33. The summed E-state index contributed by atoms with van der Waals surface area (Å²) in [4.78, 5) is 32.3. The number of carbonyl (C=O) groups is 2. The molecule has 184 valence electrons. The van der Waals surface area contributed by atoms with Crippen LogP contribution >= 0.6 is 23.2 Å². The number of hydrogen-bond acceptors (Lipinski definition) is 4. The Hall–Kier alpha value is -2.68. The molecule has 10 heteroatoms. The molecule has 2 aromatic carbocycles. The van der Waals surface area contributed by atoms with Crippen molar-refractivity contribution in [3.8, 4) is 11.4 Å². The minimum absolute atomic E-state index is 0.0196. The minimum atomic E-state index is -0.347. The number of morpholine rings is 1. The van der Waals surface area contributed by atoms with Crippen LogP contribution in [0.2, 0.25) is 10.0 Å². The number of carbonyl (C=O) groups excluding carboxylic acids is 2. The molecule has 0 spiro atoms. The topological polar surface area (TPSA) is 67.7 Å². The maximum Gasteiger partial charge on any atom is 0.227 e. The number of aryl methyl sites for hydroxylation is 1. The van der Waals surface area contributed by atoms with Gasteiger partial charge in [0.05, 0.1) is 45.9 Å². The van der Waals surface area contributed by atoms with Gasteiger partial charge in [-0.2, -0.15) is 0 Å². The van der Waals surface area contributed by atoms with Gasteiger partial charge in [0.25, 0.3) is 0 Å². The Kier molecular flexibility index (Phi) is 6.46. The summed E-state index contributed by atoms with van der Waals surface area (Å²) in [5, 5.41) is 0.687. The van der Waals surface area contributed by atoms with Crippen LogP contribution in [0.3, 0.4) is 0 Å². The SMILES string of the molecule is CC(=O)N1CCO[C@@H](Cn2c(-c3c(Cl)cc(N4CCCC4=O)cc3Cl)nc3cc(C)c(F)cc32)C1. The molecule has 2 aliphatic rings. The lowest BCUT2D eigenvalue weighted by Crippen LogP contribution is -2.46. The molecule has 0 unspecified atom stereocenters. The monoisotopic (exact) mass is 518 g/mol. The zero-order valence-electron chi connectivity index (χ0n) is 19.5. The van der Waals surface area contributed by atoms with E-state index >= 15 is 0 Å². The van der Waals surface area contributed by atoms with E-state index in [0.717, 1.165) is 6.42 Å². The zero-order valence-corrected chi connectivity index (χ0v) is 21.0. The third kappa shape index (κ3) is 4.50. The smallest absolute Gasteiger partial charge is 0.227 e. The molecule has 5 rings (SSSR count). The van der Waals surface area contributed by atoms with E-state index in [-0.39, 0.29) is 23.7 Å². The summed E-state index contributed by atoms with van der Waals surface area (Å²) in [7, 11) is 0. The van der Waals surface area contributed by atoms with Gasteiger partial charge in [0.2, 0.25) is 11.8 Å². The first-order valence-electron chi connectivity index (χ1n) is 11.6. The van der Waals surface area contributed by atoms with Crippen molar-refractivity contribution in [1.82, 2.24) is 14.5 Å². The van der Waals surface area contributed by atoms with Gasteiger partial charge in [0, 0.05) is 44.7 Å². The average molecular weight is 519 g/mol. The molecule has 0 bridgehead atoms. The van der Waals surface area contributed by atoms with Gasteiger partial charge in [-0.05, 0) is 37.1 Å². The van der Waals surface area contributed by atoms with E-state index in [1.807, 2.05) is 4.57 Å². The fourth-order valence-electron chi connectivity index (χ4n) is 4.80. The Morgan fingerprint density at radius 3 is 2.60 bits per heavy atom. The Morgan fingerprint density at radius 1 is 1.20 bits per heavy atom. The molecule has 3 aromatic rings. The quantitative estimate of drug-likeness (QED) is 0.495. The molecule has 0 aliphatic carbocycles. The first kappa shape index (κ1) is 24.0. The van der Waals surface area contributed by atoms with Crippen molar-refractivity contribution in [2.45, 2.75) is 39.3 Å². The van der Waals surface area contributed by atoms with Gasteiger partial charge in [-0.25, -0.2) is 9.37 Å². The third-order valence-corrected chi connectivity index (χ3v) is 7.23. The molecule has 0 radical (unpaired) electrons. The number of benzene rings is 2. The van der Waals surface area contributed by atoms with Crippen LogP contribution in [0, 0.1) is 12.7 Å². The van der Waals surface area contributed by atoms with Crippen molar-refractivity contribution in [3.63, 3.8) is 0 Å².